The van der Waals surface area contributed by atoms with Gasteiger partial charge in [-0.05, 0) is 100 Å². The minimum Gasteiger partial charge on any atom is -0.502 e. The van der Waals surface area contributed by atoms with Crippen molar-refractivity contribution >= 4 is 6.71 Å². The zero-order valence-electron chi connectivity index (χ0n) is 26.7. The molecule has 1 spiro atoms. The van der Waals surface area contributed by atoms with Crippen molar-refractivity contribution in [1.29, 1.82) is 0 Å². The second-order valence-electron chi connectivity index (χ2n) is 16.8. The van der Waals surface area contributed by atoms with Crippen LogP contribution in [0.15, 0.2) is 47.9 Å². The molecule has 0 amide bonds. The first-order chi connectivity index (χ1) is 20.5. The van der Waals surface area contributed by atoms with Gasteiger partial charge >= 0.3 is 0 Å². The number of allylic oxidation sites excluding steroid dienone is 4. The Morgan fingerprint density at radius 2 is 1.69 bits per heavy atom. The Balaban J connectivity index is 1.20. The van der Waals surface area contributed by atoms with Crippen LogP contribution in [0.5, 0.6) is 0 Å². The van der Waals surface area contributed by atoms with Crippen molar-refractivity contribution in [3.63, 3.8) is 0 Å². The zero-order valence-corrected chi connectivity index (χ0v) is 26.7. The van der Waals surface area contributed by atoms with Gasteiger partial charge in [-0.25, -0.2) is 0 Å². The van der Waals surface area contributed by atoms with Gasteiger partial charge in [0.05, 0.1) is 17.8 Å². The summed E-state index contributed by atoms with van der Waals surface area (Å²) in [7, 11) is 0. The van der Waals surface area contributed by atoms with Gasteiger partial charge in [0.1, 0.15) is 0 Å². The number of nitrogens with zero attached hydrogens (tertiary/aromatic N) is 2. The summed E-state index contributed by atoms with van der Waals surface area (Å²) >= 11 is 0. The lowest BCUT2D eigenvalue weighted by Gasteiger charge is -2.63. The number of hydrogen-bond acceptors (Lipinski definition) is 3. The van der Waals surface area contributed by atoms with Crippen molar-refractivity contribution in [2.24, 2.45) is 23.2 Å². The van der Waals surface area contributed by atoms with Gasteiger partial charge in [-0.15, -0.1) is 0 Å². The van der Waals surface area contributed by atoms with Crippen LogP contribution in [0.3, 0.4) is 0 Å². The highest BCUT2D eigenvalue weighted by molar-refractivity contribution is 6.66. The first kappa shape index (κ1) is 26.9. The number of fused-ring (bicyclic) bond motifs is 5. The lowest BCUT2D eigenvalue weighted by Crippen LogP contribution is -2.71. The maximum absolute atomic E-state index is 7.06. The molecule has 42 heavy (non-hydrogen) atoms. The Morgan fingerprint density at radius 1 is 0.881 bits per heavy atom. The van der Waals surface area contributed by atoms with E-state index in [9.17, 15) is 0 Å². The van der Waals surface area contributed by atoms with Crippen molar-refractivity contribution in [2.75, 3.05) is 0 Å². The number of ether oxygens (including phenoxy) is 1. The van der Waals surface area contributed by atoms with E-state index in [0.29, 0.717) is 48.1 Å². The highest BCUT2D eigenvalue weighted by atomic mass is 16.5. The van der Waals surface area contributed by atoms with Crippen LogP contribution in [-0.4, -0.2) is 52.2 Å². The molecule has 0 bridgehead atoms. The molecule has 6 fully saturated rings. The topological polar surface area (TPSA) is 15.7 Å². The van der Waals surface area contributed by atoms with Crippen LogP contribution in [0.1, 0.15) is 117 Å². The summed E-state index contributed by atoms with van der Waals surface area (Å²) in [6.07, 6.45) is 36.9. The fourth-order valence-corrected chi connectivity index (χ4v) is 13.6. The van der Waals surface area contributed by atoms with Crippen molar-refractivity contribution in [3.8, 4) is 0 Å². The SMILES string of the molecule is CC1=CC2C(O1)B1C3CC(C4CCCCC4)CC4C3N(C3=CC=CC(C13)N2C1C=CCCC1)C(C)(C)C41CCCCC1. The average Bonchev–Trinajstić information content (AvgIpc) is 3.49. The normalized spacial score (nSPS) is 45.2. The van der Waals surface area contributed by atoms with Crippen molar-refractivity contribution < 1.29 is 4.74 Å². The summed E-state index contributed by atoms with van der Waals surface area (Å²) in [5.74, 6) is 5.29. The third kappa shape index (κ3) is 3.57. The molecule has 9 atom stereocenters. The largest absolute Gasteiger partial charge is 0.502 e. The molecule has 4 heteroatoms. The lowest BCUT2D eigenvalue weighted by molar-refractivity contribution is 0.0139. The molecule has 0 radical (unpaired) electrons. The molecular weight excluding hydrogens is 511 g/mol. The predicted molar refractivity (Wildman–Crippen MR) is 173 cm³/mol. The third-order valence-corrected chi connectivity index (χ3v) is 15.1. The number of rotatable bonds is 2. The molecule has 3 saturated carbocycles. The van der Waals surface area contributed by atoms with Crippen LogP contribution >= 0.6 is 0 Å². The van der Waals surface area contributed by atoms with Gasteiger partial charge in [0, 0.05) is 35.2 Å². The molecule has 0 aromatic heterocycles. The lowest BCUT2D eigenvalue weighted by atomic mass is 9.22. The maximum atomic E-state index is 7.06. The van der Waals surface area contributed by atoms with Gasteiger partial charge < -0.3 is 9.64 Å². The fraction of sp³-hybridized carbons (Fsp3) is 0.789. The summed E-state index contributed by atoms with van der Waals surface area (Å²) in [4.78, 5) is 6.09. The summed E-state index contributed by atoms with van der Waals surface area (Å²) in [5.41, 5.74) is 2.41. The molecule has 9 rings (SSSR count). The van der Waals surface area contributed by atoms with E-state index in [4.69, 9.17) is 4.74 Å². The molecule has 0 aromatic carbocycles. The van der Waals surface area contributed by atoms with Gasteiger partial charge in [0.2, 0.25) is 6.71 Å². The molecule has 0 N–H and O–H groups in total. The summed E-state index contributed by atoms with van der Waals surface area (Å²) < 4.78 is 7.06. The van der Waals surface area contributed by atoms with Crippen LogP contribution in [0.2, 0.25) is 11.6 Å². The van der Waals surface area contributed by atoms with Gasteiger partial charge in [-0.1, -0.05) is 82.1 Å². The van der Waals surface area contributed by atoms with E-state index < -0.39 is 0 Å². The summed E-state index contributed by atoms with van der Waals surface area (Å²) in [6, 6.07) is 2.48. The Hall–Kier alpha value is -1.42. The van der Waals surface area contributed by atoms with Crippen LogP contribution in [0.25, 0.3) is 0 Å². The van der Waals surface area contributed by atoms with Crippen LogP contribution in [0.4, 0.5) is 0 Å². The zero-order chi connectivity index (χ0) is 28.2. The fourth-order valence-electron chi connectivity index (χ4n) is 13.6. The minimum absolute atomic E-state index is 0.228. The third-order valence-electron chi connectivity index (χ3n) is 15.1. The van der Waals surface area contributed by atoms with Gasteiger partial charge in [-0.2, -0.15) is 0 Å². The average molecular weight is 567 g/mol. The molecule has 5 aliphatic carbocycles. The molecule has 3 saturated heterocycles. The Labute approximate surface area is 256 Å². The van der Waals surface area contributed by atoms with E-state index in [1.165, 1.54) is 102 Å². The van der Waals surface area contributed by atoms with E-state index in [0.717, 1.165) is 23.6 Å². The van der Waals surface area contributed by atoms with Crippen molar-refractivity contribution in [3.05, 3.63) is 47.9 Å². The molecule has 9 aliphatic rings. The molecule has 9 unspecified atom stereocenters. The highest BCUT2D eigenvalue weighted by Gasteiger charge is 2.73. The monoisotopic (exact) mass is 566 g/mol. The molecule has 3 nitrogen and oxygen atoms in total. The van der Waals surface area contributed by atoms with Crippen molar-refractivity contribution in [2.45, 2.75) is 164 Å². The smallest absolute Gasteiger partial charge is 0.210 e. The van der Waals surface area contributed by atoms with E-state index in [1.807, 2.05) is 0 Å². The Kier molecular flexibility index (Phi) is 6.28. The van der Waals surface area contributed by atoms with E-state index in [2.05, 4.69) is 67.0 Å². The van der Waals surface area contributed by atoms with Gasteiger partial charge in [0.25, 0.3) is 0 Å². The van der Waals surface area contributed by atoms with E-state index in [1.54, 1.807) is 5.70 Å². The van der Waals surface area contributed by atoms with Gasteiger partial charge in [0.15, 0.2) is 0 Å². The Morgan fingerprint density at radius 3 is 2.48 bits per heavy atom. The molecule has 4 aliphatic heterocycles. The summed E-state index contributed by atoms with van der Waals surface area (Å²) in [6.45, 7) is 8.31. The van der Waals surface area contributed by atoms with Crippen LogP contribution < -0.4 is 0 Å². The molecular formula is C38H55BN2O. The second-order valence-corrected chi connectivity index (χ2v) is 16.8. The van der Waals surface area contributed by atoms with Crippen LogP contribution in [0, 0.1) is 23.2 Å². The first-order valence-corrected chi connectivity index (χ1v) is 18.5. The maximum Gasteiger partial charge on any atom is 0.210 e. The molecule has 4 heterocycles. The minimum atomic E-state index is 0.228. The molecule has 226 valence electrons. The van der Waals surface area contributed by atoms with Crippen LogP contribution in [-0.2, 0) is 4.74 Å². The standard InChI is InChI=1S/C38H55BN2O/c1-25-22-33-36(42-25)39-30-24-27(26-14-7-4-8-15-26)23-29-35(30)41(37(2,3)38(29)20-11-6-12-21-38)32-19-13-18-31(34(32)39)40(33)28-16-9-5-10-17-28/h9,13,16,18-19,22,26-31,33-36H,4-8,10-12,14-15,17,20-21,23-24H2,1-3H3. The first-order valence-electron chi connectivity index (χ1n) is 18.5. The quantitative estimate of drug-likeness (QED) is 0.246. The van der Waals surface area contributed by atoms with Crippen molar-refractivity contribution in [1.82, 2.24) is 9.80 Å². The number of hydrogen-bond donors (Lipinski definition) is 0. The van der Waals surface area contributed by atoms with E-state index in [-0.39, 0.29) is 5.54 Å². The predicted octanol–water partition coefficient (Wildman–Crippen LogP) is 8.71. The van der Waals surface area contributed by atoms with E-state index >= 15 is 0 Å². The second kappa shape index (κ2) is 9.79. The van der Waals surface area contributed by atoms with Gasteiger partial charge in [-0.3, -0.25) is 4.90 Å². The molecule has 0 aromatic rings. The summed E-state index contributed by atoms with van der Waals surface area (Å²) in [5, 5.41) is 0. The Bertz CT molecular complexity index is 1200. The highest BCUT2D eigenvalue weighted by Crippen LogP contribution is 2.71.